The van der Waals surface area contributed by atoms with Gasteiger partial charge >= 0.3 is 0 Å². The molecule has 0 aliphatic rings. The van der Waals surface area contributed by atoms with Gasteiger partial charge in [-0.2, -0.15) is 0 Å². The number of carbonyl (C=O) groups excluding carboxylic acids is 1. The number of thioether (sulfide) groups is 1. The lowest BCUT2D eigenvalue weighted by atomic mass is 9.99. The second-order valence-electron chi connectivity index (χ2n) is 7.24. The highest BCUT2D eigenvalue weighted by molar-refractivity contribution is 7.99. The van der Waals surface area contributed by atoms with Gasteiger partial charge in [0.25, 0.3) is 5.56 Å². The van der Waals surface area contributed by atoms with Crippen molar-refractivity contribution in [3.8, 4) is 0 Å². The fourth-order valence-corrected chi connectivity index (χ4v) is 5.08. The number of nitrogens with zero attached hydrogens (tertiary/aromatic N) is 2. The monoisotopic (exact) mass is 461 g/mol. The summed E-state index contributed by atoms with van der Waals surface area (Å²) in [4.78, 5) is 30.3. The molecule has 2 heterocycles. The minimum absolute atomic E-state index is 0.0981. The van der Waals surface area contributed by atoms with Gasteiger partial charge in [-0.05, 0) is 29.0 Å². The number of thiophene rings is 1. The molecule has 0 fully saturated rings. The smallest absolute Gasteiger partial charge is 0.272 e. The van der Waals surface area contributed by atoms with Gasteiger partial charge in [-0.3, -0.25) is 14.2 Å². The van der Waals surface area contributed by atoms with Crippen molar-refractivity contribution in [2.24, 2.45) is 0 Å². The van der Waals surface area contributed by atoms with Crippen molar-refractivity contribution in [3.63, 3.8) is 0 Å². The molecule has 1 N–H and O–H groups in total. The maximum absolute atomic E-state index is 12.9. The van der Waals surface area contributed by atoms with Gasteiger partial charge < -0.3 is 5.32 Å². The SMILES string of the molecule is C=CCn1c(SCC(=O)NC(Cc2ccccc2)c2ccccc2)nc2ccsc2c1=O. The van der Waals surface area contributed by atoms with Crippen molar-refractivity contribution < 1.29 is 4.79 Å². The molecule has 1 atom stereocenters. The first-order chi connectivity index (χ1) is 15.7. The van der Waals surface area contributed by atoms with Gasteiger partial charge in [-0.1, -0.05) is 78.5 Å². The molecule has 1 unspecified atom stereocenters. The van der Waals surface area contributed by atoms with Crippen molar-refractivity contribution in [2.75, 3.05) is 5.75 Å². The molecule has 0 saturated carbocycles. The van der Waals surface area contributed by atoms with Crippen LogP contribution in [0, 0.1) is 0 Å². The molecule has 0 aliphatic heterocycles. The van der Waals surface area contributed by atoms with Crippen LogP contribution in [0.15, 0.2) is 94.7 Å². The Labute approximate surface area is 194 Å². The van der Waals surface area contributed by atoms with E-state index in [4.69, 9.17) is 0 Å². The van der Waals surface area contributed by atoms with Gasteiger partial charge in [-0.15, -0.1) is 17.9 Å². The first-order valence-electron chi connectivity index (χ1n) is 10.3. The van der Waals surface area contributed by atoms with Gasteiger partial charge in [0, 0.05) is 6.54 Å². The van der Waals surface area contributed by atoms with Crippen LogP contribution in [-0.2, 0) is 17.8 Å². The van der Waals surface area contributed by atoms with E-state index in [1.807, 2.05) is 60.0 Å². The Bertz CT molecular complexity index is 1270. The summed E-state index contributed by atoms with van der Waals surface area (Å²) >= 11 is 2.64. The van der Waals surface area contributed by atoms with Crippen LogP contribution in [0.4, 0.5) is 0 Å². The lowest BCUT2D eigenvalue weighted by Gasteiger charge is -2.20. The first-order valence-corrected chi connectivity index (χ1v) is 12.1. The number of rotatable bonds is 9. The Hall–Kier alpha value is -3.16. The van der Waals surface area contributed by atoms with Crippen molar-refractivity contribution in [1.29, 1.82) is 0 Å². The van der Waals surface area contributed by atoms with Crippen LogP contribution in [-0.4, -0.2) is 21.2 Å². The molecule has 2 aromatic heterocycles. The first kappa shape index (κ1) is 22.0. The average Bonchev–Trinajstić information content (AvgIpc) is 3.30. The summed E-state index contributed by atoms with van der Waals surface area (Å²) in [6.45, 7) is 4.09. The van der Waals surface area contributed by atoms with Gasteiger partial charge in [0.15, 0.2) is 5.16 Å². The largest absolute Gasteiger partial charge is 0.348 e. The fraction of sp³-hybridized carbons (Fsp3) is 0.160. The van der Waals surface area contributed by atoms with Crippen LogP contribution in [0.1, 0.15) is 17.2 Å². The second-order valence-corrected chi connectivity index (χ2v) is 9.10. The van der Waals surface area contributed by atoms with Crippen molar-refractivity contribution in [1.82, 2.24) is 14.9 Å². The number of hydrogen-bond acceptors (Lipinski definition) is 5. The standard InChI is InChI=1S/C25H23N3O2S2/c1-2-14-28-24(30)23-20(13-15-31-23)27-25(28)32-17-22(29)26-21(19-11-7-4-8-12-19)16-18-9-5-3-6-10-18/h2-13,15,21H,1,14,16-17H2,(H,26,29). The normalized spacial score (nSPS) is 11.9. The van der Waals surface area contributed by atoms with E-state index < -0.39 is 0 Å². The minimum atomic E-state index is -0.144. The number of nitrogens with one attached hydrogen (secondary N) is 1. The van der Waals surface area contributed by atoms with Crippen LogP contribution in [0.5, 0.6) is 0 Å². The second kappa shape index (κ2) is 10.4. The topological polar surface area (TPSA) is 64.0 Å². The van der Waals surface area contributed by atoms with Gasteiger partial charge in [0.05, 0.1) is 17.3 Å². The van der Waals surface area contributed by atoms with E-state index >= 15 is 0 Å². The highest BCUT2D eigenvalue weighted by Gasteiger charge is 2.17. The third-order valence-corrected chi connectivity index (χ3v) is 6.86. The molecule has 0 aliphatic carbocycles. The number of allylic oxidation sites excluding steroid dienone is 1. The molecule has 162 valence electrons. The zero-order valence-electron chi connectivity index (χ0n) is 17.4. The maximum atomic E-state index is 12.9. The summed E-state index contributed by atoms with van der Waals surface area (Å²) in [5.41, 5.74) is 2.77. The molecule has 5 nitrogen and oxygen atoms in total. The Morgan fingerprint density at radius 2 is 1.84 bits per heavy atom. The molecule has 4 rings (SSSR count). The third-order valence-electron chi connectivity index (χ3n) is 4.99. The van der Waals surface area contributed by atoms with Gasteiger partial charge in [0.1, 0.15) is 4.70 Å². The van der Waals surface area contributed by atoms with Crippen LogP contribution >= 0.6 is 23.1 Å². The van der Waals surface area contributed by atoms with Crippen LogP contribution in [0.3, 0.4) is 0 Å². The van der Waals surface area contributed by atoms with Crippen molar-refractivity contribution in [3.05, 3.63) is 106 Å². The lowest BCUT2D eigenvalue weighted by Crippen LogP contribution is -2.31. The molecule has 0 bridgehead atoms. The van der Waals surface area contributed by atoms with E-state index in [-0.39, 0.29) is 23.3 Å². The maximum Gasteiger partial charge on any atom is 0.272 e. The average molecular weight is 462 g/mol. The minimum Gasteiger partial charge on any atom is -0.348 e. The van der Waals surface area contributed by atoms with Crippen LogP contribution < -0.4 is 10.9 Å². The summed E-state index contributed by atoms with van der Waals surface area (Å²) in [5, 5.41) is 5.53. The van der Waals surface area contributed by atoms with Crippen molar-refractivity contribution >= 4 is 39.2 Å². The fourth-order valence-electron chi connectivity index (χ4n) is 3.48. The number of amides is 1. The molecule has 1 amide bonds. The molecule has 0 spiro atoms. The summed E-state index contributed by atoms with van der Waals surface area (Å²) in [6, 6.07) is 21.7. The summed E-state index contributed by atoms with van der Waals surface area (Å²) < 4.78 is 2.19. The molecule has 7 heteroatoms. The van der Waals surface area contributed by atoms with Gasteiger partial charge in [-0.25, -0.2) is 4.98 Å². The molecular weight excluding hydrogens is 438 g/mol. The molecule has 0 radical (unpaired) electrons. The summed E-state index contributed by atoms with van der Waals surface area (Å²) in [6.07, 6.45) is 2.36. The molecular formula is C25H23N3O2S2. The molecule has 2 aromatic carbocycles. The zero-order valence-corrected chi connectivity index (χ0v) is 19.1. The van der Waals surface area contributed by atoms with E-state index in [0.29, 0.717) is 28.3 Å². The lowest BCUT2D eigenvalue weighted by molar-refractivity contribution is -0.119. The Balaban J connectivity index is 1.51. The third kappa shape index (κ3) is 5.18. The predicted molar refractivity (Wildman–Crippen MR) is 132 cm³/mol. The molecule has 32 heavy (non-hydrogen) atoms. The van der Waals surface area contributed by atoms with Crippen LogP contribution in [0.2, 0.25) is 0 Å². The van der Waals surface area contributed by atoms with Crippen molar-refractivity contribution in [2.45, 2.75) is 24.2 Å². The number of fused-ring (bicyclic) bond motifs is 1. The predicted octanol–water partition coefficient (Wildman–Crippen LogP) is 4.84. The molecule has 4 aromatic rings. The Morgan fingerprint density at radius 3 is 2.56 bits per heavy atom. The van der Waals surface area contributed by atoms with Crippen LogP contribution in [0.25, 0.3) is 10.2 Å². The number of hydrogen-bond donors (Lipinski definition) is 1. The molecule has 0 saturated heterocycles. The van der Waals surface area contributed by atoms with Gasteiger partial charge in [0.2, 0.25) is 5.91 Å². The highest BCUT2D eigenvalue weighted by Crippen LogP contribution is 2.22. The van der Waals surface area contributed by atoms with E-state index in [0.717, 1.165) is 11.1 Å². The number of carbonyl (C=O) groups is 1. The van der Waals surface area contributed by atoms with E-state index in [1.54, 1.807) is 10.6 Å². The van der Waals surface area contributed by atoms with E-state index in [2.05, 4.69) is 29.0 Å². The number of benzene rings is 2. The number of aromatic nitrogens is 2. The zero-order chi connectivity index (χ0) is 22.3. The highest BCUT2D eigenvalue weighted by atomic mass is 32.2. The summed E-state index contributed by atoms with van der Waals surface area (Å²) in [5.74, 6) is 0.0572. The Kier molecular flexibility index (Phi) is 7.19. The van der Waals surface area contributed by atoms with E-state index in [1.165, 1.54) is 23.1 Å². The quantitative estimate of drug-likeness (QED) is 0.220. The Morgan fingerprint density at radius 1 is 1.12 bits per heavy atom. The van der Waals surface area contributed by atoms with E-state index in [9.17, 15) is 9.59 Å². The summed E-state index contributed by atoms with van der Waals surface area (Å²) in [7, 11) is 0.